The molecule has 6 nitrogen and oxygen atoms in total. The van der Waals surface area contributed by atoms with E-state index < -0.39 is 11.8 Å². The summed E-state index contributed by atoms with van der Waals surface area (Å²) in [6.45, 7) is 0.0167. The molecule has 1 saturated heterocycles. The van der Waals surface area contributed by atoms with E-state index in [4.69, 9.17) is 9.47 Å². The number of methoxy groups -OCH3 is 1. The lowest BCUT2D eigenvalue weighted by Gasteiger charge is -2.14. The lowest BCUT2D eigenvalue weighted by Crippen LogP contribution is -2.35. The molecule has 32 heavy (non-hydrogen) atoms. The number of halogens is 2. The van der Waals surface area contributed by atoms with Gasteiger partial charge < -0.3 is 9.47 Å². The molecular weight excluding hydrogens is 479 g/mol. The maximum Gasteiger partial charge on any atom is 0.282 e. The van der Waals surface area contributed by atoms with Crippen molar-refractivity contribution in [2.45, 2.75) is 6.61 Å². The van der Waals surface area contributed by atoms with Gasteiger partial charge in [0.15, 0.2) is 11.5 Å². The molecule has 0 saturated carbocycles. The van der Waals surface area contributed by atoms with Crippen LogP contribution in [0.15, 0.2) is 76.8 Å². The first kappa shape index (κ1) is 21.6. The number of hydrogen-bond acceptors (Lipinski definition) is 4. The summed E-state index contributed by atoms with van der Waals surface area (Å²) in [7, 11) is 1.47. The highest BCUT2D eigenvalue weighted by molar-refractivity contribution is 9.10. The van der Waals surface area contributed by atoms with Gasteiger partial charge in [0.25, 0.3) is 11.8 Å². The Morgan fingerprint density at radius 3 is 2.47 bits per heavy atom. The summed E-state index contributed by atoms with van der Waals surface area (Å²) in [5.41, 5.74) is 4.06. The standard InChI is InChI=1S/C24H18BrFN2O4/c1-31-21-12-16(19(25)13-22(21)32-14-15-7-5-6-10-20(15)26)11-18-23(29)27-28(24(18)30)17-8-3-2-4-9-17/h2-13H,14H2,1H3,(H,27,29). The van der Waals surface area contributed by atoms with Crippen LogP contribution in [0.2, 0.25) is 0 Å². The zero-order chi connectivity index (χ0) is 22.7. The highest BCUT2D eigenvalue weighted by atomic mass is 79.9. The number of hydrogen-bond donors (Lipinski definition) is 1. The van der Waals surface area contributed by atoms with Gasteiger partial charge in [-0.15, -0.1) is 0 Å². The van der Waals surface area contributed by atoms with E-state index in [-0.39, 0.29) is 18.0 Å². The number of carbonyl (C=O) groups excluding carboxylic acids is 2. The van der Waals surface area contributed by atoms with Gasteiger partial charge in [-0.25, -0.2) is 9.40 Å². The van der Waals surface area contributed by atoms with Gasteiger partial charge in [0, 0.05) is 10.0 Å². The van der Waals surface area contributed by atoms with Crippen molar-refractivity contribution >= 4 is 39.5 Å². The quantitative estimate of drug-likeness (QED) is 0.398. The Morgan fingerprint density at radius 2 is 1.75 bits per heavy atom. The third kappa shape index (κ3) is 4.36. The zero-order valence-electron chi connectivity index (χ0n) is 17.0. The van der Waals surface area contributed by atoms with E-state index in [1.807, 2.05) is 6.07 Å². The number of rotatable bonds is 6. The maximum absolute atomic E-state index is 13.9. The third-order valence-electron chi connectivity index (χ3n) is 4.83. The normalized spacial score (nSPS) is 14.6. The van der Waals surface area contributed by atoms with E-state index in [9.17, 15) is 14.0 Å². The molecule has 0 bridgehead atoms. The molecule has 0 atom stereocenters. The number of anilines is 1. The SMILES string of the molecule is COc1cc(C=C2C(=O)NN(c3ccccc3)C2=O)c(Br)cc1OCc1ccccc1F. The zero-order valence-corrected chi connectivity index (χ0v) is 18.6. The van der Waals surface area contributed by atoms with Crippen molar-refractivity contribution in [2.75, 3.05) is 12.1 Å². The summed E-state index contributed by atoms with van der Waals surface area (Å²) < 4.78 is 25.6. The van der Waals surface area contributed by atoms with Gasteiger partial charge >= 0.3 is 0 Å². The Bertz CT molecular complexity index is 1210. The number of nitrogens with zero attached hydrogens (tertiary/aromatic N) is 1. The van der Waals surface area contributed by atoms with Crippen LogP contribution in [0, 0.1) is 5.82 Å². The van der Waals surface area contributed by atoms with Crippen LogP contribution in [0.25, 0.3) is 6.08 Å². The summed E-state index contributed by atoms with van der Waals surface area (Å²) in [5.74, 6) is -0.572. The number of para-hydroxylation sites is 1. The number of nitrogens with one attached hydrogen (secondary N) is 1. The van der Waals surface area contributed by atoms with Gasteiger partial charge in [-0.3, -0.25) is 15.0 Å². The molecule has 1 heterocycles. The van der Waals surface area contributed by atoms with Gasteiger partial charge in [-0.1, -0.05) is 52.3 Å². The molecule has 1 aliphatic heterocycles. The van der Waals surface area contributed by atoms with Crippen molar-refractivity contribution in [1.29, 1.82) is 0 Å². The van der Waals surface area contributed by atoms with E-state index in [1.165, 1.54) is 24.3 Å². The van der Waals surface area contributed by atoms with E-state index in [1.54, 1.807) is 54.6 Å². The molecule has 2 amide bonds. The second-order valence-electron chi connectivity index (χ2n) is 6.88. The van der Waals surface area contributed by atoms with Crippen LogP contribution in [0.4, 0.5) is 10.1 Å². The van der Waals surface area contributed by atoms with E-state index in [0.717, 1.165) is 0 Å². The minimum atomic E-state index is -0.510. The molecule has 8 heteroatoms. The van der Waals surface area contributed by atoms with Crippen LogP contribution >= 0.6 is 15.9 Å². The highest BCUT2D eigenvalue weighted by Crippen LogP contribution is 2.36. The van der Waals surface area contributed by atoms with Gasteiger partial charge in [0.05, 0.1) is 12.8 Å². The lowest BCUT2D eigenvalue weighted by atomic mass is 10.1. The fourth-order valence-corrected chi connectivity index (χ4v) is 3.61. The summed E-state index contributed by atoms with van der Waals surface area (Å²) in [6, 6.07) is 18.4. The molecule has 0 radical (unpaired) electrons. The van der Waals surface area contributed by atoms with Crippen molar-refractivity contribution in [1.82, 2.24) is 5.43 Å². The van der Waals surface area contributed by atoms with Gasteiger partial charge in [0.2, 0.25) is 0 Å². The summed E-state index contributed by atoms with van der Waals surface area (Å²) >= 11 is 3.45. The number of amides is 2. The number of benzene rings is 3. The first-order valence-corrected chi connectivity index (χ1v) is 10.4. The minimum Gasteiger partial charge on any atom is -0.493 e. The van der Waals surface area contributed by atoms with Crippen LogP contribution < -0.4 is 19.9 Å². The smallest absolute Gasteiger partial charge is 0.282 e. The van der Waals surface area contributed by atoms with E-state index in [0.29, 0.717) is 32.8 Å². The largest absolute Gasteiger partial charge is 0.493 e. The molecule has 3 aromatic carbocycles. The Balaban J connectivity index is 1.60. The first-order chi connectivity index (χ1) is 15.5. The molecule has 0 aromatic heterocycles. The first-order valence-electron chi connectivity index (χ1n) is 9.64. The number of hydrazine groups is 1. The van der Waals surface area contributed by atoms with Gasteiger partial charge in [0.1, 0.15) is 18.0 Å². The fraction of sp³-hybridized carbons (Fsp3) is 0.0833. The molecule has 0 spiro atoms. The summed E-state index contributed by atoms with van der Waals surface area (Å²) in [5, 5.41) is 1.20. The van der Waals surface area contributed by atoms with Gasteiger partial charge in [-0.05, 0) is 42.0 Å². The number of carbonyl (C=O) groups is 2. The second kappa shape index (κ2) is 9.23. The molecule has 0 aliphatic carbocycles. The Labute approximate surface area is 192 Å². The van der Waals surface area contributed by atoms with E-state index in [2.05, 4.69) is 21.4 Å². The predicted molar refractivity (Wildman–Crippen MR) is 121 cm³/mol. The monoisotopic (exact) mass is 496 g/mol. The lowest BCUT2D eigenvalue weighted by molar-refractivity contribution is -0.117. The Kier molecular flexibility index (Phi) is 6.23. The van der Waals surface area contributed by atoms with E-state index >= 15 is 0 Å². The summed E-state index contributed by atoms with van der Waals surface area (Å²) in [6.07, 6.45) is 1.48. The van der Waals surface area contributed by atoms with Crippen molar-refractivity contribution in [3.05, 3.63) is 93.7 Å². The Hall–Kier alpha value is -3.65. The summed E-state index contributed by atoms with van der Waals surface area (Å²) in [4.78, 5) is 25.3. The maximum atomic E-state index is 13.9. The molecule has 1 N–H and O–H groups in total. The van der Waals surface area contributed by atoms with Crippen LogP contribution in [0.3, 0.4) is 0 Å². The van der Waals surface area contributed by atoms with Crippen molar-refractivity contribution < 1.29 is 23.5 Å². The fourth-order valence-electron chi connectivity index (χ4n) is 3.18. The minimum absolute atomic E-state index is 0.0167. The molecule has 1 aliphatic rings. The molecule has 3 aromatic rings. The third-order valence-corrected chi connectivity index (χ3v) is 5.52. The van der Waals surface area contributed by atoms with Crippen molar-refractivity contribution in [3.8, 4) is 11.5 Å². The van der Waals surface area contributed by atoms with Crippen LogP contribution in [-0.4, -0.2) is 18.9 Å². The molecule has 0 unspecified atom stereocenters. The van der Waals surface area contributed by atoms with Gasteiger partial charge in [-0.2, -0.15) is 0 Å². The van der Waals surface area contributed by atoms with Crippen molar-refractivity contribution in [3.63, 3.8) is 0 Å². The molecular formula is C24H18BrFN2O4. The van der Waals surface area contributed by atoms with Crippen LogP contribution in [-0.2, 0) is 16.2 Å². The molecule has 162 valence electrons. The molecule has 4 rings (SSSR count). The number of ether oxygens (including phenoxy) is 2. The van der Waals surface area contributed by atoms with Crippen LogP contribution in [0.1, 0.15) is 11.1 Å². The average molecular weight is 497 g/mol. The van der Waals surface area contributed by atoms with Crippen molar-refractivity contribution in [2.24, 2.45) is 0 Å². The highest BCUT2D eigenvalue weighted by Gasteiger charge is 2.34. The second-order valence-corrected chi connectivity index (χ2v) is 7.73. The van der Waals surface area contributed by atoms with Crippen LogP contribution in [0.5, 0.6) is 11.5 Å². The average Bonchev–Trinajstić information content (AvgIpc) is 3.08. The predicted octanol–water partition coefficient (Wildman–Crippen LogP) is 4.64. The topological polar surface area (TPSA) is 67.9 Å². The molecule has 1 fully saturated rings. The Morgan fingerprint density at radius 1 is 1.03 bits per heavy atom.